The number of fused-ring (bicyclic) bond motifs is 2. The number of methoxy groups -OCH3 is 2. The summed E-state index contributed by atoms with van der Waals surface area (Å²) in [6.07, 6.45) is -10.5. The van der Waals surface area contributed by atoms with Gasteiger partial charge in [-0.05, 0) is 87.2 Å². The standard InChI is InChI=1S/C53H63F10N9O7/c1-8-72-35-16-17-36(72)27-70(26-35)43-18-15-32(24-65-43)14-11-30-9-12-31(13-10-30)19-41(67-47(76)45(68-49(77)79-7)51(4,5)53(61,62)63)42(73)29-71(69-46(75)38(22-44(74)78-6)50(2,3)52(58,59)60)28-37-39(54)20-33(21-40(37)55)34(23-64)25-66-48(56)57/h9-10,12-13,15,18,20-21,23-25,35-36,38,41-42,45,48,73H,8,16-17,19,22,26-29,64H2,1-7H3,(H,67,76)(H,68,77)(H,69,75)/t35?,36?,38-,41+,42+,45-/m1/s1. The fraction of sp³-hybridized carbons (Fsp3) is 0.509. The zero-order chi connectivity index (χ0) is 58.8. The number of aromatic nitrogens is 1. The van der Waals surface area contributed by atoms with E-state index >= 15 is 8.78 Å². The maximum atomic E-state index is 16.0. The number of amides is 3. The lowest BCUT2D eigenvalue weighted by molar-refractivity contribution is -0.231. The number of aliphatic hydroxyl groups excluding tert-OH is 1. The molecule has 6 N–H and O–H groups in total. The molecule has 2 aliphatic heterocycles. The van der Waals surface area contributed by atoms with Gasteiger partial charge in [-0.2, -0.15) is 35.1 Å². The number of carbonyl (C=O) groups excluding carboxylic acids is 4. The molecule has 0 spiro atoms. The second-order valence-electron chi connectivity index (χ2n) is 20.2. The molecule has 2 saturated heterocycles. The van der Waals surface area contributed by atoms with Crippen LogP contribution in [0.15, 0.2) is 65.9 Å². The number of piperazine rings is 1. The molecule has 3 aromatic rings. The van der Waals surface area contributed by atoms with E-state index < -0.39 is 126 Å². The van der Waals surface area contributed by atoms with Crippen LogP contribution in [-0.4, -0.2) is 140 Å². The van der Waals surface area contributed by atoms with Gasteiger partial charge in [0, 0.05) is 79.1 Å². The minimum absolute atomic E-state index is 0.276. The van der Waals surface area contributed by atoms with Crippen molar-refractivity contribution in [3.63, 3.8) is 0 Å². The number of anilines is 1. The maximum absolute atomic E-state index is 16.0. The average Bonchev–Trinajstić information content (AvgIpc) is 3.65. The smallest absolute Gasteiger partial charge is 0.407 e. The number of aliphatic imine (C=N–C) groups is 1. The van der Waals surface area contributed by atoms with Gasteiger partial charge in [0.05, 0.1) is 49.5 Å². The molecule has 2 bridgehead atoms. The zero-order valence-corrected chi connectivity index (χ0v) is 44.2. The van der Waals surface area contributed by atoms with Crippen LogP contribution in [0.4, 0.5) is 54.5 Å². The molecule has 432 valence electrons. The van der Waals surface area contributed by atoms with Crippen molar-refractivity contribution in [2.45, 2.75) is 116 Å². The highest BCUT2D eigenvalue weighted by atomic mass is 19.4. The Labute approximate surface area is 450 Å². The van der Waals surface area contributed by atoms with E-state index in [0.29, 0.717) is 80.5 Å². The molecule has 3 heterocycles. The van der Waals surface area contributed by atoms with Gasteiger partial charge in [-0.3, -0.25) is 24.7 Å². The van der Waals surface area contributed by atoms with Crippen LogP contribution in [-0.2, 0) is 36.8 Å². The van der Waals surface area contributed by atoms with Crippen molar-refractivity contribution in [2.24, 2.45) is 27.5 Å². The lowest BCUT2D eigenvalue weighted by Gasteiger charge is -2.41. The summed E-state index contributed by atoms with van der Waals surface area (Å²) in [7, 11) is 1.66. The van der Waals surface area contributed by atoms with Gasteiger partial charge in [-0.15, -0.1) is 0 Å². The fourth-order valence-electron chi connectivity index (χ4n) is 9.25. The van der Waals surface area contributed by atoms with Crippen LogP contribution in [0.1, 0.15) is 81.7 Å². The summed E-state index contributed by atoms with van der Waals surface area (Å²) in [5.41, 5.74) is 1.09. The van der Waals surface area contributed by atoms with Crippen LogP contribution < -0.4 is 26.7 Å². The predicted octanol–water partition coefficient (Wildman–Crippen LogP) is 7.03. The van der Waals surface area contributed by atoms with Crippen LogP contribution in [0.5, 0.6) is 0 Å². The van der Waals surface area contributed by atoms with Crippen molar-refractivity contribution < 1.29 is 77.7 Å². The summed E-state index contributed by atoms with van der Waals surface area (Å²) in [5, 5.41) is 16.7. The molecule has 3 amide bonds. The number of rotatable bonds is 21. The third-order valence-electron chi connectivity index (χ3n) is 14.3. The first-order chi connectivity index (χ1) is 36.9. The van der Waals surface area contributed by atoms with Crippen LogP contribution in [0.25, 0.3) is 5.57 Å². The Hall–Kier alpha value is -6.98. The second-order valence-corrected chi connectivity index (χ2v) is 20.2. The number of hydrogen-bond acceptors (Lipinski definition) is 13. The summed E-state index contributed by atoms with van der Waals surface area (Å²) in [5.74, 6) is -2.77. The van der Waals surface area contributed by atoms with E-state index in [2.05, 4.69) is 58.8 Å². The van der Waals surface area contributed by atoms with E-state index in [9.17, 15) is 59.4 Å². The summed E-state index contributed by atoms with van der Waals surface area (Å²) >= 11 is 0. The van der Waals surface area contributed by atoms with Gasteiger partial charge in [-0.25, -0.2) is 28.6 Å². The molecular formula is C53H63F10N9O7. The quantitative estimate of drug-likeness (QED) is 0.0182. The highest BCUT2D eigenvalue weighted by Gasteiger charge is 2.57. The highest BCUT2D eigenvalue weighted by molar-refractivity contribution is 6.09. The first-order valence-corrected chi connectivity index (χ1v) is 24.8. The second kappa shape index (κ2) is 26.3. The molecule has 79 heavy (non-hydrogen) atoms. The van der Waals surface area contributed by atoms with Crippen molar-refractivity contribution in [1.29, 1.82) is 0 Å². The molecule has 2 aliphatic rings. The number of aliphatic hydroxyl groups is 1. The Morgan fingerprint density at radius 3 is 1.96 bits per heavy atom. The Balaban J connectivity index is 1.52. The molecule has 16 nitrogen and oxygen atoms in total. The minimum Gasteiger partial charge on any atom is -0.469 e. The third kappa shape index (κ3) is 15.9. The summed E-state index contributed by atoms with van der Waals surface area (Å²) in [6, 6.07) is 7.73. The summed E-state index contributed by atoms with van der Waals surface area (Å²) < 4.78 is 154. The molecule has 2 unspecified atom stereocenters. The number of carbonyl (C=O) groups is 4. The predicted molar refractivity (Wildman–Crippen MR) is 270 cm³/mol. The largest absolute Gasteiger partial charge is 0.469 e. The molecule has 0 radical (unpaired) electrons. The van der Waals surface area contributed by atoms with E-state index in [4.69, 9.17) is 5.73 Å². The fourth-order valence-corrected chi connectivity index (χ4v) is 9.25. The third-order valence-corrected chi connectivity index (χ3v) is 14.3. The number of ether oxygens (including phenoxy) is 2. The number of halogens is 10. The minimum atomic E-state index is -5.18. The first kappa shape index (κ1) is 62.9. The number of nitrogens with two attached hydrogens (primary N) is 1. The number of pyridine rings is 1. The number of hydrazine groups is 1. The van der Waals surface area contributed by atoms with Crippen molar-refractivity contribution in [3.8, 4) is 11.8 Å². The molecule has 5 rings (SSSR count). The van der Waals surface area contributed by atoms with Crippen LogP contribution in [0.2, 0.25) is 0 Å². The van der Waals surface area contributed by atoms with Gasteiger partial charge < -0.3 is 35.8 Å². The Morgan fingerprint density at radius 1 is 0.873 bits per heavy atom. The van der Waals surface area contributed by atoms with Gasteiger partial charge in [0.1, 0.15) is 23.5 Å². The monoisotopic (exact) mass is 1130 g/mol. The number of benzene rings is 2. The van der Waals surface area contributed by atoms with E-state index in [1.165, 1.54) is 12.1 Å². The zero-order valence-electron chi connectivity index (χ0n) is 44.2. The lowest BCUT2D eigenvalue weighted by atomic mass is 9.75. The van der Waals surface area contributed by atoms with Gasteiger partial charge in [0.2, 0.25) is 11.8 Å². The van der Waals surface area contributed by atoms with E-state index in [-0.39, 0.29) is 11.1 Å². The molecule has 1 aromatic heterocycles. The number of alkyl carbamates (subject to hydrolysis) is 1. The number of alkyl halides is 8. The Morgan fingerprint density at radius 2 is 1.46 bits per heavy atom. The van der Waals surface area contributed by atoms with Gasteiger partial charge in [-0.1, -0.05) is 44.7 Å². The van der Waals surface area contributed by atoms with E-state index in [1.54, 1.807) is 18.3 Å². The number of likely N-dealkylation sites (N-methyl/N-ethyl adjacent to an activating group) is 1. The first-order valence-electron chi connectivity index (χ1n) is 24.8. The molecule has 2 fully saturated rings. The SMILES string of the molecule is CCN1C2CCC1CN(c1ccc(C#Cc3ccc(C[C@H](NC(=O)[C@@H](NC(=O)OC)C(C)(C)C(F)(F)F)[C@@H](O)CN(Cc4c(F)cc(C(C=NC(F)F)=CN)cc4F)NC(=O)[C@@H](CC(=O)OC)C(C)(C)C(F)(F)F)cc3)cn1)C2. The van der Waals surface area contributed by atoms with Crippen molar-refractivity contribution in [3.05, 3.63) is 100 Å². The van der Waals surface area contributed by atoms with Crippen LogP contribution in [0, 0.1) is 40.2 Å². The van der Waals surface area contributed by atoms with Crippen LogP contribution in [0.3, 0.4) is 0 Å². The number of nitrogens with zero attached hydrogens (tertiary/aromatic N) is 5. The highest BCUT2D eigenvalue weighted by Crippen LogP contribution is 2.45. The maximum Gasteiger partial charge on any atom is 0.407 e. The molecular weight excluding hydrogens is 1060 g/mol. The molecule has 0 saturated carbocycles. The number of nitrogens with one attached hydrogen (secondary N) is 3. The number of allylic oxidation sites excluding steroid dienone is 1. The van der Waals surface area contributed by atoms with Gasteiger partial charge in [0.25, 0.3) is 0 Å². The summed E-state index contributed by atoms with van der Waals surface area (Å²) in [4.78, 5) is 65.2. The molecule has 6 atom stereocenters. The van der Waals surface area contributed by atoms with Crippen molar-refractivity contribution >= 4 is 41.5 Å². The number of hydrogen-bond donors (Lipinski definition) is 5. The normalized spacial score (nSPS) is 17.9. The average molecular weight is 1130 g/mol. The Kier molecular flexibility index (Phi) is 20.9. The topological polar surface area (TPSA) is 204 Å². The van der Waals surface area contributed by atoms with Crippen LogP contribution >= 0.6 is 0 Å². The van der Waals surface area contributed by atoms with Gasteiger partial charge >= 0.3 is 31.0 Å². The molecule has 26 heteroatoms. The Bertz CT molecular complexity index is 2710. The molecule has 0 aliphatic carbocycles. The number of esters is 1. The molecule has 2 aromatic carbocycles. The summed E-state index contributed by atoms with van der Waals surface area (Å²) in [6.45, 7) is 1.74. The van der Waals surface area contributed by atoms with Crippen molar-refractivity contribution in [2.75, 3.05) is 45.3 Å². The van der Waals surface area contributed by atoms with Crippen molar-refractivity contribution in [1.82, 2.24) is 31.0 Å². The van der Waals surface area contributed by atoms with E-state index in [1.807, 2.05) is 17.4 Å². The van der Waals surface area contributed by atoms with Gasteiger partial charge in [0.15, 0.2) is 0 Å². The lowest BCUT2D eigenvalue weighted by Crippen LogP contribution is -2.62. The van der Waals surface area contributed by atoms with E-state index in [0.717, 1.165) is 52.5 Å².